The van der Waals surface area contributed by atoms with E-state index in [1.54, 1.807) is 0 Å². The van der Waals surface area contributed by atoms with Gasteiger partial charge in [0.25, 0.3) is 0 Å². The maximum atomic E-state index is 12.0. The summed E-state index contributed by atoms with van der Waals surface area (Å²) in [5.41, 5.74) is 1.07. The Morgan fingerprint density at radius 3 is 3.00 bits per heavy atom. The van der Waals surface area contributed by atoms with Crippen LogP contribution in [0, 0.1) is 5.92 Å². The number of nitrogens with one attached hydrogen (secondary N) is 1. The number of hydrogen-bond acceptors (Lipinski definition) is 5. The number of benzene rings is 1. The van der Waals surface area contributed by atoms with Crippen LogP contribution in [0.15, 0.2) is 34.9 Å². The SMILES string of the molecule is CC[C@H]1CCCN(Cc2nc(CC(=O)NCc3ccccc3)no2)C1. The van der Waals surface area contributed by atoms with Crippen LogP contribution in [0.1, 0.15) is 43.5 Å². The largest absolute Gasteiger partial charge is 0.352 e. The quantitative estimate of drug-likeness (QED) is 0.837. The van der Waals surface area contributed by atoms with Crippen LogP contribution < -0.4 is 5.32 Å². The molecule has 1 N–H and O–H groups in total. The Morgan fingerprint density at radius 2 is 2.20 bits per heavy atom. The highest BCUT2D eigenvalue weighted by molar-refractivity contribution is 5.77. The van der Waals surface area contributed by atoms with Crippen LogP contribution in [-0.2, 0) is 24.3 Å². The molecule has 1 atom stereocenters. The molecule has 0 spiro atoms. The molecule has 25 heavy (non-hydrogen) atoms. The van der Waals surface area contributed by atoms with Gasteiger partial charge in [0.05, 0.1) is 13.0 Å². The highest BCUT2D eigenvalue weighted by Crippen LogP contribution is 2.20. The van der Waals surface area contributed by atoms with Crippen molar-refractivity contribution in [2.24, 2.45) is 5.92 Å². The summed E-state index contributed by atoms with van der Waals surface area (Å²) in [6.45, 7) is 5.59. The van der Waals surface area contributed by atoms with Gasteiger partial charge in [0.15, 0.2) is 5.82 Å². The van der Waals surface area contributed by atoms with E-state index in [0.29, 0.717) is 24.8 Å². The lowest BCUT2D eigenvalue weighted by atomic mass is 9.96. The van der Waals surface area contributed by atoms with Crippen LogP contribution in [0.3, 0.4) is 0 Å². The van der Waals surface area contributed by atoms with Crippen LogP contribution in [0.5, 0.6) is 0 Å². The monoisotopic (exact) mass is 342 g/mol. The first kappa shape index (κ1) is 17.6. The van der Waals surface area contributed by atoms with Gasteiger partial charge in [0.1, 0.15) is 0 Å². The molecule has 6 nitrogen and oxygen atoms in total. The third-order valence-corrected chi connectivity index (χ3v) is 4.70. The van der Waals surface area contributed by atoms with Crippen molar-refractivity contribution < 1.29 is 9.32 Å². The molecule has 6 heteroatoms. The Labute approximate surface area is 148 Å². The van der Waals surface area contributed by atoms with Crippen LogP contribution in [0.4, 0.5) is 0 Å². The number of carbonyl (C=O) groups is 1. The van der Waals surface area contributed by atoms with E-state index in [1.165, 1.54) is 19.3 Å². The van der Waals surface area contributed by atoms with E-state index in [1.807, 2.05) is 30.3 Å². The van der Waals surface area contributed by atoms with E-state index < -0.39 is 0 Å². The summed E-state index contributed by atoms with van der Waals surface area (Å²) in [5.74, 6) is 1.72. The lowest BCUT2D eigenvalue weighted by Gasteiger charge is -2.30. The van der Waals surface area contributed by atoms with Gasteiger partial charge in [0, 0.05) is 13.1 Å². The fraction of sp³-hybridized carbons (Fsp3) is 0.526. The molecular formula is C19H26N4O2. The highest BCUT2D eigenvalue weighted by Gasteiger charge is 2.20. The predicted octanol–water partition coefficient (Wildman–Crippen LogP) is 2.55. The Morgan fingerprint density at radius 1 is 1.36 bits per heavy atom. The van der Waals surface area contributed by atoms with Crippen molar-refractivity contribution in [3.63, 3.8) is 0 Å². The summed E-state index contributed by atoms with van der Waals surface area (Å²) in [6, 6.07) is 9.83. The normalized spacial score (nSPS) is 18.2. The summed E-state index contributed by atoms with van der Waals surface area (Å²) in [4.78, 5) is 18.8. The molecule has 0 saturated carbocycles. The smallest absolute Gasteiger partial charge is 0.240 e. The maximum absolute atomic E-state index is 12.0. The van der Waals surface area contributed by atoms with E-state index in [2.05, 4.69) is 27.3 Å². The topological polar surface area (TPSA) is 71.3 Å². The number of amides is 1. The lowest BCUT2D eigenvalue weighted by molar-refractivity contribution is -0.120. The Balaban J connectivity index is 1.45. The molecular weight excluding hydrogens is 316 g/mol. The first-order valence-corrected chi connectivity index (χ1v) is 9.07. The summed E-state index contributed by atoms with van der Waals surface area (Å²) >= 11 is 0. The molecule has 134 valence electrons. The first-order chi connectivity index (χ1) is 12.2. The van der Waals surface area contributed by atoms with Crippen LogP contribution >= 0.6 is 0 Å². The zero-order valence-corrected chi connectivity index (χ0v) is 14.8. The number of nitrogens with zero attached hydrogens (tertiary/aromatic N) is 3. The number of hydrogen-bond donors (Lipinski definition) is 1. The van der Waals surface area contributed by atoms with Crippen molar-refractivity contribution in [1.29, 1.82) is 0 Å². The Hall–Kier alpha value is -2.21. The van der Waals surface area contributed by atoms with Crippen molar-refractivity contribution in [3.05, 3.63) is 47.6 Å². The Bertz CT molecular complexity index is 671. The molecule has 1 aliphatic rings. The van der Waals surface area contributed by atoms with E-state index >= 15 is 0 Å². The van der Waals surface area contributed by atoms with Gasteiger partial charge < -0.3 is 9.84 Å². The average molecular weight is 342 g/mol. The van der Waals surface area contributed by atoms with Crippen molar-refractivity contribution in [2.75, 3.05) is 13.1 Å². The van der Waals surface area contributed by atoms with Crippen LogP contribution in [-0.4, -0.2) is 34.0 Å². The number of carbonyl (C=O) groups excluding carboxylic acids is 1. The minimum Gasteiger partial charge on any atom is -0.352 e. The zero-order valence-electron chi connectivity index (χ0n) is 14.8. The fourth-order valence-corrected chi connectivity index (χ4v) is 3.25. The molecule has 1 saturated heterocycles. The minimum atomic E-state index is -0.0970. The second-order valence-corrected chi connectivity index (χ2v) is 6.70. The highest BCUT2D eigenvalue weighted by atomic mass is 16.5. The average Bonchev–Trinajstić information content (AvgIpc) is 3.07. The van der Waals surface area contributed by atoms with E-state index in [0.717, 1.165) is 24.6 Å². The van der Waals surface area contributed by atoms with E-state index in [9.17, 15) is 4.79 Å². The molecule has 2 heterocycles. The number of aromatic nitrogens is 2. The lowest BCUT2D eigenvalue weighted by Crippen LogP contribution is -2.34. The maximum Gasteiger partial charge on any atom is 0.240 e. The zero-order chi connectivity index (χ0) is 17.5. The number of likely N-dealkylation sites (tertiary alicyclic amines) is 1. The second kappa shape index (κ2) is 8.76. The predicted molar refractivity (Wildman–Crippen MR) is 94.6 cm³/mol. The minimum absolute atomic E-state index is 0.0970. The van der Waals surface area contributed by atoms with Gasteiger partial charge in [0.2, 0.25) is 11.8 Å². The van der Waals surface area contributed by atoms with Gasteiger partial charge in [-0.1, -0.05) is 48.8 Å². The van der Waals surface area contributed by atoms with Crippen molar-refractivity contribution in [1.82, 2.24) is 20.4 Å². The third-order valence-electron chi connectivity index (χ3n) is 4.70. The Kier molecular flexibility index (Phi) is 6.17. The summed E-state index contributed by atoms with van der Waals surface area (Å²) in [5, 5.41) is 6.82. The van der Waals surface area contributed by atoms with Gasteiger partial charge in [-0.2, -0.15) is 4.98 Å². The third kappa shape index (κ3) is 5.39. The van der Waals surface area contributed by atoms with Gasteiger partial charge >= 0.3 is 0 Å². The van der Waals surface area contributed by atoms with Gasteiger partial charge in [-0.05, 0) is 30.9 Å². The molecule has 3 rings (SSSR count). The van der Waals surface area contributed by atoms with Crippen LogP contribution in [0.2, 0.25) is 0 Å². The molecule has 2 aromatic rings. The van der Waals surface area contributed by atoms with Crippen molar-refractivity contribution in [3.8, 4) is 0 Å². The molecule has 0 aliphatic carbocycles. The first-order valence-electron chi connectivity index (χ1n) is 9.07. The van der Waals surface area contributed by atoms with E-state index in [-0.39, 0.29) is 12.3 Å². The molecule has 1 aromatic heterocycles. The summed E-state index contributed by atoms with van der Waals surface area (Å²) in [7, 11) is 0. The molecule has 1 aromatic carbocycles. The summed E-state index contributed by atoms with van der Waals surface area (Å²) in [6.07, 6.45) is 3.89. The molecule has 0 radical (unpaired) electrons. The standard InChI is InChI=1S/C19H26N4O2/c1-2-15-9-6-10-23(13-15)14-19-21-17(22-25-19)11-18(24)20-12-16-7-4-3-5-8-16/h3-5,7-8,15H,2,6,9-14H2,1H3,(H,20,24)/t15-/m0/s1. The molecule has 0 unspecified atom stereocenters. The molecule has 0 bridgehead atoms. The number of piperidine rings is 1. The van der Waals surface area contributed by atoms with Crippen molar-refractivity contribution in [2.45, 2.75) is 45.7 Å². The molecule has 1 aliphatic heterocycles. The van der Waals surface area contributed by atoms with Crippen LogP contribution in [0.25, 0.3) is 0 Å². The molecule has 1 fully saturated rings. The van der Waals surface area contributed by atoms with Gasteiger partial charge in [-0.25, -0.2) is 0 Å². The summed E-state index contributed by atoms with van der Waals surface area (Å²) < 4.78 is 5.32. The van der Waals surface area contributed by atoms with E-state index in [4.69, 9.17) is 4.52 Å². The molecule has 1 amide bonds. The van der Waals surface area contributed by atoms with Gasteiger partial charge in [-0.3, -0.25) is 9.69 Å². The van der Waals surface area contributed by atoms with Crippen molar-refractivity contribution >= 4 is 5.91 Å². The second-order valence-electron chi connectivity index (χ2n) is 6.70. The fourth-order valence-electron chi connectivity index (χ4n) is 3.25. The number of rotatable bonds is 7. The van der Waals surface area contributed by atoms with Gasteiger partial charge in [-0.15, -0.1) is 0 Å².